The number of carbonyl (C=O) groups is 1. The van der Waals surface area contributed by atoms with Gasteiger partial charge in [-0.05, 0) is 37.9 Å². The van der Waals surface area contributed by atoms with Crippen molar-refractivity contribution in [1.29, 1.82) is 0 Å². The van der Waals surface area contributed by atoms with Crippen molar-refractivity contribution in [2.24, 2.45) is 5.92 Å². The highest BCUT2D eigenvalue weighted by Crippen LogP contribution is 2.17. The number of amides is 1. The minimum Gasteiger partial charge on any atom is -0.347 e. The molecule has 1 heterocycles. The summed E-state index contributed by atoms with van der Waals surface area (Å²) in [6.07, 6.45) is 0.965. The average molecular weight is 268 g/mol. The van der Waals surface area contributed by atoms with Crippen molar-refractivity contribution < 1.29 is 13.6 Å². The topological polar surface area (TPSA) is 41.1 Å². The van der Waals surface area contributed by atoms with Crippen LogP contribution in [0.5, 0.6) is 0 Å². The number of hydrogen-bond acceptors (Lipinski definition) is 2. The summed E-state index contributed by atoms with van der Waals surface area (Å²) >= 11 is 0. The maximum Gasteiger partial charge on any atom is 0.251 e. The van der Waals surface area contributed by atoms with Gasteiger partial charge in [0.1, 0.15) is 11.6 Å². The summed E-state index contributed by atoms with van der Waals surface area (Å²) < 4.78 is 26.2. The van der Waals surface area contributed by atoms with Crippen LogP contribution >= 0.6 is 0 Å². The molecule has 0 bridgehead atoms. The van der Waals surface area contributed by atoms with E-state index >= 15 is 0 Å². The lowest BCUT2D eigenvalue weighted by Crippen LogP contribution is -2.55. The fourth-order valence-electron chi connectivity index (χ4n) is 2.52. The van der Waals surface area contributed by atoms with Gasteiger partial charge >= 0.3 is 0 Å². The van der Waals surface area contributed by atoms with Crippen molar-refractivity contribution >= 4 is 5.91 Å². The zero-order chi connectivity index (χ0) is 14.0. The Labute approximate surface area is 111 Å². The van der Waals surface area contributed by atoms with Gasteiger partial charge in [0.25, 0.3) is 5.91 Å². The molecule has 1 aliphatic rings. The Morgan fingerprint density at radius 3 is 2.47 bits per heavy atom. The van der Waals surface area contributed by atoms with Gasteiger partial charge in [0, 0.05) is 23.7 Å². The Hall–Kier alpha value is -1.49. The van der Waals surface area contributed by atoms with E-state index in [1.165, 1.54) is 0 Å². The molecule has 2 N–H and O–H groups in total. The standard InChI is InChI=1S/C14H18F2N2O/c1-8-3-4-17-9(2)13(8)18-14(19)10-5-11(15)7-12(16)6-10/h5-9,13,17H,3-4H2,1-2H3,(H,18,19). The fraction of sp³-hybridized carbons (Fsp3) is 0.500. The number of carbonyl (C=O) groups excluding carboxylic acids is 1. The molecular formula is C14H18F2N2O. The van der Waals surface area contributed by atoms with Gasteiger partial charge in [0.05, 0.1) is 0 Å². The monoisotopic (exact) mass is 268 g/mol. The average Bonchev–Trinajstić information content (AvgIpc) is 2.32. The summed E-state index contributed by atoms with van der Waals surface area (Å²) in [4.78, 5) is 12.0. The number of nitrogens with one attached hydrogen (secondary N) is 2. The second-order valence-electron chi connectivity index (χ2n) is 5.17. The Morgan fingerprint density at radius 1 is 1.26 bits per heavy atom. The van der Waals surface area contributed by atoms with E-state index in [9.17, 15) is 13.6 Å². The number of piperidine rings is 1. The van der Waals surface area contributed by atoms with Crippen LogP contribution in [0.4, 0.5) is 8.78 Å². The van der Waals surface area contributed by atoms with Crippen molar-refractivity contribution in [3.8, 4) is 0 Å². The summed E-state index contributed by atoms with van der Waals surface area (Å²) in [5.74, 6) is -1.59. The van der Waals surface area contributed by atoms with E-state index in [2.05, 4.69) is 17.6 Å². The lowest BCUT2D eigenvalue weighted by Gasteiger charge is -2.36. The highest BCUT2D eigenvalue weighted by molar-refractivity contribution is 5.94. The van der Waals surface area contributed by atoms with E-state index in [0.29, 0.717) is 5.92 Å². The molecule has 104 valence electrons. The molecular weight excluding hydrogens is 250 g/mol. The van der Waals surface area contributed by atoms with Crippen molar-refractivity contribution in [2.45, 2.75) is 32.4 Å². The molecule has 0 aliphatic carbocycles. The van der Waals surface area contributed by atoms with Gasteiger partial charge in [-0.15, -0.1) is 0 Å². The minimum absolute atomic E-state index is 0.0162. The van der Waals surface area contributed by atoms with Crippen LogP contribution in [0, 0.1) is 17.6 Å². The van der Waals surface area contributed by atoms with Crippen molar-refractivity contribution in [1.82, 2.24) is 10.6 Å². The molecule has 2 rings (SSSR count). The summed E-state index contributed by atoms with van der Waals surface area (Å²) in [5, 5.41) is 6.13. The van der Waals surface area contributed by atoms with Gasteiger partial charge in [-0.3, -0.25) is 4.79 Å². The van der Waals surface area contributed by atoms with Crippen LogP contribution in [0.15, 0.2) is 18.2 Å². The van der Waals surface area contributed by atoms with E-state index in [4.69, 9.17) is 0 Å². The molecule has 0 radical (unpaired) electrons. The third-order valence-electron chi connectivity index (χ3n) is 3.64. The van der Waals surface area contributed by atoms with Crippen LogP contribution in [0.3, 0.4) is 0 Å². The smallest absolute Gasteiger partial charge is 0.251 e. The van der Waals surface area contributed by atoms with E-state index in [1.54, 1.807) is 0 Å². The number of rotatable bonds is 2. The van der Waals surface area contributed by atoms with Gasteiger partial charge in [0.15, 0.2) is 0 Å². The van der Waals surface area contributed by atoms with Crippen LogP contribution in [0.1, 0.15) is 30.6 Å². The van der Waals surface area contributed by atoms with E-state index in [1.807, 2.05) is 6.92 Å². The third-order valence-corrected chi connectivity index (χ3v) is 3.64. The van der Waals surface area contributed by atoms with E-state index < -0.39 is 17.5 Å². The first-order valence-electron chi connectivity index (χ1n) is 6.47. The molecule has 3 nitrogen and oxygen atoms in total. The normalized spacial score (nSPS) is 27.1. The van der Waals surface area contributed by atoms with Crippen molar-refractivity contribution in [3.05, 3.63) is 35.4 Å². The van der Waals surface area contributed by atoms with Gasteiger partial charge in [-0.2, -0.15) is 0 Å². The maximum atomic E-state index is 13.1. The molecule has 1 fully saturated rings. The Morgan fingerprint density at radius 2 is 1.89 bits per heavy atom. The van der Waals surface area contributed by atoms with Gasteiger partial charge in [-0.1, -0.05) is 6.92 Å². The Kier molecular flexibility index (Phi) is 4.14. The Balaban J connectivity index is 2.11. The first-order chi connectivity index (χ1) is 8.97. The first kappa shape index (κ1) is 13.9. The second-order valence-corrected chi connectivity index (χ2v) is 5.17. The molecule has 0 spiro atoms. The fourth-order valence-corrected chi connectivity index (χ4v) is 2.52. The van der Waals surface area contributed by atoms with Crippen LogP contribution in [-0.4, -0.2) is 24.5 Å². The molecule has 1 aliphatic heterocycles. The zero-order valence-corrected chi connectivity index (χ0v) is 11.0. The van der Waals surface area contributed by atoms with Gasteiger partial charge < -0.3 is 10.6 Å². The maximum absolute atomic E-state index is 13.1. The molecule has 1 aromatic carbocycles. The molecule has 0 saturated carbocycles. The SMILES string of the molecule is CC1CCNC(C)C1NC(=O)c1cc(F)cc(F)c1. The number of benzene rings is 1. The summed E-state index contributed by atoms with van der Waals surface area (Å²) in [7, 11) is 0. The van der Waals surface area contributed by atoms with Crippen LogP contribution in [0.25, 0.3) is 0 Å². The van der Waals surface area contributed by atoms with Crippen LogP contribution in [0.2, 0.25) is 0 Å². The number of hydrogen-bond donors (Lipinski definition) is 2. The summed E-state index contributed by atoms with van der Waals surface area (Å²) in [6, 6.07) is 2.96. The second kappa shape index (κ2) is 5.65. The molecule has 1 amide bonds. The molecule has 1 saturated heterocycles. The quantitative estimate of drug-likeness (QED) is 0.862. The predicted octanol–water partition coefficient (Wildman–Crippen LogP) is 2.08. The van der Waals surface area contributed by atoms with Crippen LogP contribution in [-0.2, 0) is 0 Å². The molecule has 19 heavy (non-hydrogen) atoms. The highest BCUT2D eigenvalue weighted by atomic mass is 19.1. The largest absolute Gasteiger partial charge is 0.347 e. The van der Waals surface area contributed by atoms with Crippen LogP contribution < -0.4 is 10.6 Å². The van der Waals surface area contributed by atoms with E-state index in [-0.39, 0.29) is 17.6 Å². The van der Waals surface area contributed by atoms with Gasteiger partial charge in [-0.25, -0.2) is 8.78 Å². The summed E-state index contributed by atoms with van der Waals surface area (Å²) in [6.45, 7) is 4.98. The molecule has 1 aromatic rings. The molecule has 3 unspecified atom stereocenters. The highest BCUT2D eigenvalue weighted by Gasteiger charge is 2.29. The van der Waals surface area contributed by atoms with Crippen molar-refractivity contribution in [2.75, 3.05) is 6.54 Å². The summed E-state index contributed by atoms with van der Waals surface area (Å²) in [5.41, 5.74) is 0.0162. The molecule has 5 heteroatoms. The predicted molar refractivity (Wildman–Crippen MR) is 68.9 cm³/mol. The molecule has 3 atom stereocenters. The minimum atomic E-state index is -0.743. The van der Waals surface area contributed by atoms with Crippen molar-refractivity contribution in [3.63, 3.8) is 0 Å². The Bertz CT molecular complexity index is 448. The molecule has 0 aromatic heterocycles. The number of halogens is 2. The van der Waals surface area contributed by atoms with Gasteiger partial charge in [0.2, 0.25) is 0 Å². The third kappa shape index (κ3) is 3.29. The lowest BCUT2D eigenvalue weighted by molar-refractivity contribution is 0.0896. The van der Waals surface area contributed by atoms with E-state index in [0.717, 1.165) is 31.2 Å². The lowest BCUT2D eigenvalue weighted by atomic mass is 9.89. The zero-order valence-electron chi connectivity index (χ0n) is 11.0. The first-order valence-corrected chi connectivity index (χ1v) is 6.47.